The number of Topliss-reactive ketones (excluding diaryl/α,β-unsaturated/α-hetero) is 1. The lowest BCUT2D eigenvalue weighted by atomic mass is 9.76. The molecule has 1 heterocycles. The Balaban J connectivity index is 2.57. The van der Waals surface area contributed by atoms with Gasteiger partial charge < -0.3 is 10.6 Å². The zero-order chi connectivity index (χ0) is 12.8. The Morgan fingerprint density at radius 3 is 2.47 bits per heavy atom. The van der Waals surface area contributed by atoms with Crippen LogP contribution < -0.4 is 10.6 Å². The van der Waals surface area contributed by atoms with Crippen LogP contribution in [0.25, 0.3) is 0 Å². The van der Waals surface area contributed by atoms with E-state index in [4.69, 9.17) is 5.73 Å². The predicted octanol–water partition coefficient (Wildman–Crippen LogP) is 1.28. The van der Waals surface area contributed by atoms with E-state index in [9.17, 15) is 4.79 Å². The standard InChI is InChI=1S/C12H18N4O/c1-12(2)5-7-9(8(17)6-12)10(13)15-11(14-7)16(3)4/h5-6H2,1-4H3,(H2,13,14,15). The first-order valence-electron chi connectivity index (χ1n) is 5.67. The van der Waals surface area contributed by atoms with Crippen molar-refractivity contribution in [2.24, 2.45) is 5.41 Å². The number of anilines is 2. The molecule has 1 aliphatic carbocycles. The Bertz CT molecular complexity index is 480. The van der Waals surface area contributed by atoms with Crippen molar-refractivity contribution < 1.29 is 4.79 Å². The van der Waals surface area contributed by atoms with Gasteiger partial charge in [-0.25, -0.2) is 4.98 Å². The molecule has 0 unspecified atom stereocenters. The number of carbonyl (C=O) groups is 1. The highest BCUT2D eigenvalue weighted by Gasteiger charge is 2.34. The fourth-order valence-electron chi connectivity index (χ4n) is 2.18. The molecule has 0 saturated carbocycles. The van der Waals surface area contributed by atoms with Crippen molar-refractivity contribution in [1.29, 1.82) is 0 Å². The van der Waals surface area contributed by atoms with Crippen molar-refractivity contribution in [3.8, 4) is 0 Å². The maximum atomic E-state index is 12.0. The van der Waals surface area contributed by atoms with Crippen LogP contribution >= 0.6 is 0 Å². The minimum atomic E-state index is -0.0472. The van der Waals surface area contributed by atoms with Crippen molar-refractivity contribution in [3.63, 3.8) is 0 Å². The van der Waals surface area contributed by atoms with E-state index in [0.29, 0.717) is 23.8 Å². The second-order valence-electron chi connectivity index (χ2n) is 5.57. The van der Waals surface area contributed by atoms with Gasteiger partial charge in [0.2, 0.25) is 5.95 Å². The van der Waals surface area contributed by atoms with Gasteiger partial charge >= 0.3 is 0 Å². The van der Waals surface area contributed by atoms with E-state index in [2.05, 4.69) is 23.8 Å². The molecule has 0 atom stereocenters. The third kappa shape index (κ3) is 2.09. The maximum Gasteiger partial charge on any atom is 0.227 e. The number of nitrogens with two attached hydrogens (primary N) is 1. The maximum absolute atomic E-state index is 12.0. The van der Waals surface area contributed by atoms with Gasteiger partial charge in [-0.2, -0.15) is 4.98 Å². The van der Waals surface area contributed by atoms with E-state index in [-0.39, 0.29) is 11.2 Å². The summed E-state index contributed by atoms with van der Waals surface area (Å²) in [4.78, 5) is 22.4. The molecule has 1 aliphatic rings. The first-order chi connectivity index (χ1) is 7.80. The van der Waals surface area contributed by atoms with E-state index in [1.54, 1.807) is 4.90 Å². The average Bonchev–Trinajstić information content (AvgIpc) is 2.13. The highest BCUT2D eigenvalue weighted by Crippen LogP contribution is 2.36. The van der Waals surface area contributed by atoms with Crippen LogP contribution in [-0.2, 0) is 6.42 Å². The molecule has 5 heteroatoms. The van der Waals surface area contributed by atoms with Gasteiger partial charge in [0.05, 0.1) is 11.3 Å². The number of rotatable bonds is 1. The molecule has 0 saturated heterocycles. The van der Waals surface area contributed by atoms with Gasteiger partial charge in [0, 0.05) is 20.5 Å². The summed E-state index contributed by atoms with van der Waals surface area (Å²) < 4.78 is 0. The highest BCUT2D eigenvalue weighted by atomic mass is 16.1. The van der Waals surface area contributed by atoms with Gasteiger partial charge in [0.1, 0.15) is 5.82 Å². The number of fused-ring (bicyclic) bond motifs is 1. The summed E-state index contributed by atoms with van der Waals surface area (Å²) in [5, 5.41) is 0. The van der Waals surface area contributed by atoms with Gasteiger partial charge in [0.25, 0.3) is 0 Å². The molecular weight excluding hydrogens is 216 g/mol. The Hall–Kier alpha value is -1.65. The summed E-state index contributed by atoms with van der Waals surface area (Å²) in [5.41, 5.74) is 7.12. The van der Waals surface area contributed by atoms with Crippen molar-refractivity contribution in [1.82, 2.24) is 9.97 Å². The van der Waals surface area contributed by atoms with Gasteiger partial charge in [-0.05, 0) is 11.8 Å². The zero-order valence-electron chi connectivity index (χ0n) is 10.7. The van der Waals surface area contributed by atoms with Crippen LogP contribution in [0.3, 0.4) is 0 Å². The van der Waals surface area contributed by atoms with Gasteiger partial charge in [-0.15, -0.1) is 0 Å². The van der Waals surface area contributed by atoms with Crippen LogP contribution in [0.4, 0.5) is 11.8 Å². The van der Waals surface area contributed by atoms with Crippen molar-refractivity contribution >= 4 is 17.5 Å². The zero-order valence-corrected chi connectivity index (χ0v) is 10.7. The summed E-state index contributed by atoms with van der Waals surface area (Å²) in [7, 11) is 3.72. The molecule has 1 aromatic rings. The highest BCUT2D eigenvalue weighted by molar-refractivity contribution is 6.02. The lowest BCUT2D eigenvalue weighted by Gasteiger charge is -2.30. The Morgan fingerprint density at radius 1 is 1.24 bits per heavy atom. The lowest BCUT2D eigenvalue weighted by molar-refractivity contribution is 0.0911. The molecule has 0 amide bonds. The van der Waals surface area contributed by atoms with Crippen molar-refractivity contribution in [2.45, 2.75) is 26.7 Å². The summed E-state index contributed by atoms with van der Waals surface area (Å²) >= 11 is 0. The lowest BCUT2D eigenvalue weighted by Crippen LogP contribution is -2.30. The van der Waals surface area contributed by atoms with Gasteiger partial charge in [-0.3, -0.25) is 4.79 Å². The van der Waals surface area contributed by atoms with E-state index in [1.165, 1.54) is 0 Å². The molecule has 0 aromatic carbocycles. The van der Waals surface area contributed by atoms with E-state index >= 15 is 0 Å². The third-order valence-electron chi connectivity index (χ3n) is 2.96. The molecule has 0 bridgehead atoms. The van der Waals surface area contributed by atoms with Crippen LogP contribution in [0.2, 0.25) is 0 Å². The molecule has 17 heavy (non-hydrogen) atoms. The first-order valence-corrected chi connectivity index (χ1v) is 5.67. The number of nitrogen functional groups attached to an aromatic ring is 1. The minimum absolute atomic E-state index is 0.0472. The largest absolute Gasteiger partial charge is 0.383 e. The fourth-order valence-corrected chi connectivity index (χ4v) is 2.18. The predicted molar refractivity (Wildman–Crippen MR) is 67.2 cm³/mol. The van der Waals surface area contributed by atoms with Gasteiger partial charge in [-0.1, -0.05) is 13.8 Å². The van der Waals surface area contributed by atoms with Crippen LogP contribution in [0.15, 0.2) is 0 Å². The van der Waals surface area contributed by atoms with E-state index < -0.39 is 0 Å². The number of ketones is 1. The van der Waals surface area contributed by atoms with E-state index in [0.717, 1.165) is 12.1 Å². The molecule has 0 radical (unpaired) electrons. The first kappa shape index (κ1) is 11.8. The topological polar surface area (TPSA) is 72.1 Å². The second kappa shape index (κ2) is 3.68. The molecule has 0 spiro atoms. The Labute approximate surface area is 101 Å². The smallest absolute Gasteiger partial charge is 0.227 e. The van der Waals surface area contributed by atoms with Crippen molar-refractivity contribution in [2.75, 3.05) is 24.7 Å². The number of nitrogens with zero attached hydrogens (tertiary/aromatic N) is 3. The van der Waals surface area contributed by atoms with Crippen molar-refractivity contribution in [3.05, 3.63) is 11.3 Å². The quantitative estimate of drug-likeness (QED) is 0.792. The fraction of sp³-hybridized carbons (Fsp3) is 0.583. The Kier molecular flexibility index (Phi) is 2.56. The van der Waals surface area contributed by atoms with Gasteiger partial charge in [0.15, 0.2) is 5.78 Å². The average molecular weight is 234 g/mol. The summed E-state index contributed by atoms with van der Waals surface area (Å²) in [6, 6.07) is 0. The summed E-state index contributed by atoms with van der Waals surface area (Å²) in [6.07, 6.45) is 1.27. The van der Waals surface area contributed by atoms with Crippen LogP contribution in [0, 0.1) is 5.41 Å². The van der Waals surface area contributed by atoms with Crippen LogP contribution in [0.1, 0.15) is 36.3 Å². The van der Waals surface area contributed by atoms with E-state index in [1.807, 2.05) is 14.1 Å². The third-order valence-corrected chi connectivity index (χ3v) is 2.96. The SMILES string of the molecule is CN(C)c1nc(N)c2c(n1)CC(C)(C)CC2=O. The van der Waals surface area contributed by atoms with Crippen LogP contribution in [0.5, 0.6) is 0 Å². The molecule has 2 rings (SSSR count). The summed E-state index contributed by atoms with van der Waals surface area (Å²) in [6.45, 7) is 4.14. The monoisotopic (exact) mass is 234 g/mol. The number of hydrogen-bond acceptors (Lipinski definition) is 5. The molecule has 92 valence electrons. The molecule has 1 aromatic heterocycles. The molecule has 5 nitrogen and oxygen atoms in total. The van der Waals surface area contributed by atoms with Crippen LogP contribution in [-0.4, -0.2) is 29.8 Å². The number of carbonyl (C=O) groups excluding carboxylic acids is 1. The molecule has 0 aliphatic heterocycles. The minimum Gasteiger partial charge on any atom is -0.383 e. The number of hydrogen-bond donors (Lipinski definition) is 1. The molecular formula is C12H18N4O. The molecule has 2 N–H and O–H groups in total. The number of aromatic nitrogens is 2. The molecule has 0 fully saturated rings. The second-order valence-corrected chi connectivity index (χ2v) is 5.57. The normalized spacial score (nSPS) is 17.8. The Morgan fingerprint density at radius 2 is 1.88 bits per heavy atom. The summed E-state index contributed by atoms with van der Waals surface area (Å²) in [5.74, 6) is 0.921.